The molecule has 174 valence electrons. The van der Waals surface area contributed by atoms with Gasteiger partial charge >= 0.3 is 0 Å². The fourth-order valence-corrected chi connectivity index (χ4v) is 5.34. The van der Waals surface area contributed by atoms with Gasteiger partial charge in [-0.2, -0.15) is 10.4 Å². The van der Waals surface area contributed by atoms with Gasteiger partial charge in [0.2, 0.25) is 0 Å². The summed E-state index contributed by atoms with van der Waals surface area (Å²) in [6, 6.07) is 14.9. The molecule has 5 aromatic rings. The first-order valence-corrected chi connectivity index (χ1v) is 11.8. The maximum Gasteiger partial charge on any atom is 0.141 e. The van der Waals surface area contributed by atoms with Crippen LogP contribution in [0, 0.1) is 23.1 Å². The molecule has 1 unspecified atom stereocenters. The molecule has 0 bridgehead atoms. The van der Waals surface area contributed by atoms with Crippen LogP contribution in [0.5, 0.6) is 0 Å². The standard InChI is InChI=1S/C28H25FN6/c1-33-9-7-18(15-33)16-35-10-8-23-26(35)14-31-28(20-5-6-25-22(11-20)17-34(2)32-25)27(23)19-3-4-21(13-30)24(29)12-19/h3-6,8,10-12,14,17-18H,7,9,15-16H2,1-2H3. The number of fused-ring (bicyclic) bond motifs is 2. The summed E-state index contributed by atoms with van der Waals surface area (Å²) in [7, 11) is 4.07. The van der Waals surface area contributed by atoms with Gasteiger partial charge in [-0.1, -0.05) is 12.1 Å². The zero-order valence-corrected chi connectivity index (χ0v) is 19.7. The van der Waals surface area contributed by atoms with Crippen LogP contribution in [0.15, 0.2) is 61.1 Å². The van der Waals surface area contributed by atoms with Gasteiger partial charge in [0.15, 0.2) is 0 Å². The van der Waals surface area contributed by atoms with Gasteiger partial charge in [-0.3, -0.25) is 9.67 Å². The molecule has 1 fully saturated rings. The third-order valence-corrected chi connectivity index (χ3v) is 7.04. The van der Waals surface area contributed by atoms with Crippen molar-refractivity contribution in [3.8, 4) is 28.5 Å². The highest BCUT2D eigenvalue weighted by molar-refractivity contribution is 6.02. The number of hydrogen-bond donors (Lipinski definition) is 0. The minimum atomic E-state index is -0.524. The fourth-order valence-electron chi connectivity index (χ4n) is 5.34. The van der Waals surface area contributed by atoms with Crippen LogP contribution in [0.4, 0.5) is 4.39 Å². The predicted octanol–water partition coefficient (Wildman–Crippen LogP) is 5.22. The number of nitrogens with zero attached hydrogens (tertiary/aromatic N) is 6. The van der Waals surface area contributed by atoms with E-state index in [2.05, 4.69) is 39.9 Å². The number of halogens is 1. The van der Waals surface area contributed by atoms with E-state index < -0.39 is 5.82 Å². The lowest BCUT2D eigenvalue weighted by Crippen LogP contribution is -2.16. The molecule has 6 rings (SSSR count). The van der Waals surface area contributed by atoms with E-state index in [1.54, 1.807) is 10.7 Å². The number of benzene rings is 2. The summed E-state index contributed by atoms with van der Waals surface area (Å²) in [4.78, 5) is 7.28. The van der Waals surface area contributed by atoms with Crippen molar-refractivity contribution in [3.05, 3.63) is 72.4 Å². The van der Waals surface area contributed by atoms with Crippen molar-refractivity contribution in [1.82, 2.24) is 24.2 Å². The number of hydrogen-bond acceptors (Lipinski definition) is 4. The van der Waals surface area contributed by atoms with Crippen LogP contribution in [-0.4, -0.2) is 44.4 Å². The molecule has 0 spiro atoms. The zero-order chi connectivity index (χ0) is 24.1. The van der Waals surface area contributed by atoms with Crippen LogP contribution in [0.25, 0.3) is 44.2 Å². The van der Waals surface area contributed by atoms with Crippen molar-refractivity contribution in [2.75, 3.05) is 20.1 Å². The minimum absolute atomic E-state index is 0.0372. The van der Waals surface area contributed by atoms with Gasteiger partial charge in [-0.25, -0.2) is 4.39 Å². The highest BCUT2D eigenvalue weighted by Gasteiger charge is 2.22. The Hall–Kier alpha value is -4.02. The first kappa shape index (κ1) is 21.5. The smallest absolute Gasteiger partial charge is 0.141 e. The SMILES string of the molecule is CN1CCC(Cn2ccc3c(-c4ccc(C#N)c(F)c4)c(-c4ccc5nn(C)cc5c4)ncc32)C1. The van der Waals surface area contributed by atoms with E-state index in [1.165, 1.54) is 12.5 Å². The largest absolute Gasteiger partial charge is 0.346 e. The minimum Gasteiger partial charge on any atom is -0.346 e. The van der Waals surface area contributed by atoms with Crippen LogP contribution in [0.1, 0.15) is 12.0 Å². The Balaban J connectivity index is 1.54. The summed E-state index contributed by atoms with van der Waals surface area (Å²) in [5.41, 5.74) is 5.29. The summed E-state index contributed by atoms with van der Waals surface area (Å²) in [6.07, 6.45) is 7.20. The van der Waals surface area contributed by atoms with E-state index in [0.717, 1.165) is 58.3 Å². The maximum atomic E-state index is 14.7. The van der Waals surface area contributed by atoms with Gasteiger partial charge in [0.05, 0.1) is 28.5 Å². The van der Waals surface area contributed by atoms with Gasteiger partial charge in [0, 0.05) is 54.4 Å². The molecule has 2 aromatic carbocycles. The molecule has 35 heavy (non-hydrogen) atoms. The van der Waals surface area contributed by atoms with Gasteiger partial charge in [0.1, 0.15) is 11.9 Å². The molecule has 1 atom stereocenters. The third kappa shape index (κ3) is 3.76. The lowest BCUT2D eigenvalue weighted by atomic mass is 9.95. The summed E-state index contributed by atoms with van der Waals surface area (Å²) in [5, 5.41) is 15.7. The molecule has 0 aliphatic carbocycles. The number of rotatable bonds is 4. The second-order valence-corrected chi connectivity index (χ2v) is 9.55. The second-order valence-electron chi connectivity index (χ2n) is 9.55. The molecule has 6 nitrogen and oxygen atoms in total. The quantitative estimate of drug-likeness (QED) is 0.366. The van der Waals surface area contributed by atoms with Gasteiger partial charge in [-0.05, 0) is 61.8 Å². The Kier molecular flexibility index (Phi) is 5.12. The Bertz CT molecular complexity index is 1620. The number of pyridine rings is 1. The first-order chi connectivity index (χ1) is 17.0. The highest BCUT2D eigenvalue weighted by atomic mass is 19.1. The van der Waals surface area contributed by atoms with E-state index in [0.29, 0.717) is 11.5 Å². The van der Waals surface area contributed by atoms with Crippen molar-refractivity contribution in [2.24, 2.45) is 13.0 Å². The molecule has 0 amide bonds. The fraction of sp³-hybridized carbons (Fsp3) is 0.250. The van der Waals surface area contributed by atoms with E-state index in [1.807, 2.05) is 43.7 Å². The van der Waals surface area contributed by atoms with Crippen LogP contribution >= 0.6 is 0 Å². The molecule has 1 aliphatic heterocycles. The summed E-state index contributed by atoms with van der Waals surface area (Å²) >= 11 is 0. The van der Waals surface area contributed by atoms with Gasteiger partial charge in [-0.15, -0.1) is 0 Å². The topological polar surface area (TPSA) is 62.7 Å². The van der Waals surface area contributed by atoms with Gasteiger partial charge < -0.3 is 9.47 Å². The molecule has 1 saturated heterocycles. The Morgan fingerprint density at radius 3 is 2.74 bits per heavy atom. The lowest BCUT2D eigenvalue weighted by molar-refractivity contribution is 0.380. The Morgan fingerprint density at radius 2 is 1.97 bits per heavy atom. The zero-order valence-electron chi connectivity index (χ0n) is 19.7. The normalized spacial score (nSPS) is 16.3. The maximum absolute atomic E-state index is 14.7. The number of nitriles is 1. The van der Waals surface area contributed by atoms with Crippen LogP contribution in [-0.2, 0) is 13.6 Å². The molecule has 3 aromatic heterocycles. The van der Waals surface area contributed by atoms with Crippen LogP contribution < -0.4 is 0 Å². The van der Waals surface area contributed by atoms with E-state index in [-0.39, 0.29) is 5.56 Å². The molecular formula is C28H25FN6. The lowest BCUT2D eigenvalue weighted by Gasteiger charge is -2.15. The third-order valence-electron chi connectivity index (χ3n) is 7.04. The molecule has 7 heteroatoms. The summed E-state index contributed by atoms with van der Waals surface area (Å²) in [5.74, 6) is 0.0724. The van der Waals surface area contributed by atoms with Crippen LogP contribution in [0.3, 0.4) is 0 Å². The van der Waals surface area contributed by atoms with E-state index >= 15 is 0 Å². The average molecular weight is 465 g/mol. The predicted molar refractivity (Wildman–Crippen MR) is 135 cm³/mol. The molecule has 0 saturated carbocycles. The monoisotopic (exact) mass is 464 g/mol. The first-order valence-electron chi connectivity index (χ1n) is 11.8. The summed E-state index contributed by atoms with van der Waals surface area (Å²) in [6.45, 7) is 3.14. The van der Waals surface area contributed by atoms with Crippen molar-refractivity contribution in [2.45, 2.75) is 13.0 Å². The van der Waals surface area contributed by atoms with Crippen molar-refractivity contribution in [3.63, 3.8) is 0 Å². The second kappa shape index (κ2) is 8.33. The highest BCUT2D eigenvalue weighted by Crippen LogP contribution is 2.38. The molecule has 1 aliphatic rings. The number of aryl methyl sites for hydroxylation is 1. The van der Waals surface area contributed by atoms with Gasteiger partial charge in [0.25, 0.3) is 0 Å². The Morgan fingerprint density at radius 1 is 1.11 bits per heavy atom. The Labute approximate surface area is 202 Å². The average Bonchev–Trinajstić information content (AvgIpc) is 3.55. The van der Waals surface area contributed by atoms with E-state index in [4.69, 9.17) is 4.98 Å². The van der Waals surface area contributed by atoms with E-state index in [9.17, 15) is 9.65 Å². The van der Waals surface area contributed by atoms with Crippen LogP contribution in [0.2, 0.25) is 0 Å². The van der Waals surface area contributed by atoms with Crippen molar-refractivity contribution in [1.29, 1.82) is 5.26 Å². The molecular weight excluding hydrogens is 439 g/mol. The number of aromatic nitrogens is 4. The van der Waals surface area contributed by atoms with Crippen molar-refractivity contribution < 1.29 is 4.39 Å². The number of likely N-dealkylation sites (tertiary alicyclic amines) is 1. The molecule has 0 radical (unpaired) electrons. The summed E-state index contributed by atoms with van der Waals surface area (Å²) < 4.78 is 18.8. The van der Waals surface area contributed by atoms with Crippen molar-refractivity contribution >= 4 is 21.8 Å². The molecule has 0 N–H and O–H groups in total. The molecule has 4 heterocycles.